The van der Waals surface area contributed by atoms with Gasteiger partial charge in [-0.05, 0) is 0 Å². The number of hydrogen-bond donors (Lipinski definition) is 1. The Balaban J connectivity index is 2.43. The first kappa shape index (κ1) is 10.0. The van der Waals surface area contributed by atoms with Crippen LogP contribution in [0, 0.1) is 0 Å². The molecule has 3 aromatic heterocycles. The van der Waals surface area contributed by atoms with Crippen molar-refractivity contribution < 1.29 is 0 Å². The Hall–Kier alpha value is -2.96. The second kappa shape index (κ2) is 3.52. The van der Waals surface area contributed by atoms with Gasteiger partial charge >= 0.3 is 0 Å². The molecular weight excluding hydrogens is 242 g/mol. The molecule has 0 aliphatic rings. The minimum atomic E-state index is 0.336. The van der Waals surface area contributed by atoms with Gasteiger partial charge in [0.15, 0.2) is 0 Å². The van der Waals surface area contributed by atoms with Crippen LogP contribution in [-0.2, 0) is 0 Å². The molecule has 0 radical (unpaired) electrons. The van der Waals surface area contributed by atoms with E-state index in [1.54, 1.807) is 24.8 Å². The fraction of sp³-hybridized carbons (Fsp3) is 0. The van der Waals surface area contributed by atoms with Gasteiger partial charge in [0.05, 0.1) is 6.20 Å². The molecule has 0 unspecified atom stereocenters. The fourth-order valence-electron chi connectivity index (χ4n) is 2.11. The summed E-state index contributed by atoms with van der Waals surface area (Å²) in [6.45, 7) is 0. The van der Waals surface area contributed by atoms with Gasteiger partial charge in [-0.25, -0.2) is 9.97 Å². The second-order valence-electron chi connectivity index (χ2n) is 4.00. The van der Waals surface area contributed by atoms with Crippen molar-refractivity contribution in [2.45, 2.75) is 0 Å². The Morgan fingerprint density at radius 1 is 0.579 bits per heavy atom. The third kappa shape index (κ3) is 1.32. The van der Waals surface area contributed by atoms with Crippen LogP contribution in [0.25, 0.3) is 33.1 Å². The van der Waals surface area contributed by atoms with Gasteiger partial charge in [-0.3, -0.25) is 19.9 Å². The molecule has 7 nitrogen and oxygen atoms in total. The van der Waals surface area contributed by atoms with Crippen LogP contribution in [0.1, 0.15) is 0 Å². The Bertz CT molecular complexity index is 900. The number of benzene rings is 1. The summed E-state index contributed by atoms with van der Waals surface area (Å²) in [5.41, 5.74) is 9.52. The molecule has 0 bridgehead atoms. The van der Waals surface area contributed by atoms with Crippen LogP contribution >= 0.6 is 0 Å². The number of fused-ring (bicyclic) bond motifs is 6. The van der Waals surface area contributed by atoms with Crippen molar-refractivity contribution in [3.05, 3.63) is 31.0 Å². The molecule has 0 aliphatic heterocycles. The lowest BCUT2D eigenvalue weighted by Crippen LogP contribution is -1.98. The summed E-state index contributed by atoms with van der Waals surface area (Å²) >= 11 is 0. The molecule has 90 valence electrons. The summed E-state index contributed by atoms with van der Waals surface area (Å²) in [6.07, 6.45) is 7.95. The van der Waals surface area contributed by atoms with Crippen molar-refractivity contribution in [2.75, 3.05) is 5.73 Å². The number of nitrogen functional groups attached to an aromatic ring is 1. The maximum absolute atomic E-state index is 5.70. The normalized spacial score (nSPS) is 11.4. The van der Waals surface area contributed by atoms with E-state index in [0.717, 1.165) is 0 Å². The van der Waals surface area contributed by atoms with Crippen molar-refractivity contribution in [1.82, 2.24) is 29.9 Å². The van der Waals surface area contributed by atoms with Crippen LogP contribution in [0.15, 0.2) is 31.0 Å². The van der Waals surface area contributed by atoms with Gasteiger partial charge in [0.25, 0.3) is 0 Å². The van der Waals surface area contributed by atoms with Gasteiger partial charge in [0, 0.05) is 24.8 Å². The summed E-state index contributed by atoms with van der Waals surface area (Å²) in [5.74, 6) is 0.336. The highest BCUT2D eigenvalue weighted by Gasteiger charge is 2.14. The summed E-state index contributed by atoms with van der Waals surface area (Å²) in [6, 6.07) is 0. The smallest absolute Gasteiger partial charge is 0.142 e. The van der Waals surface area contributed by atoms with E-state index in [4.69, 9.17) is 5.73 Å². The molecule has 19 heavy (non-hydrogen) atoms. The van der Waals surface area contributed by atoms with Gasteiger partial charge in [-0.15, -0.1) is 0 Å². The maximum atomic E-state index is 5.70. The monoisotopic (exact) mass is 249 g/mol. The molecule has 1 aromatic carbocycles. The third-order valence-corrected chi connectivity index (χ3v) is 2.86. The predicted molar refractivity (Wildman–Crippen MR) is 70.1 cm³/mol. The molecule has 2 N–H and O–H groups in total. The lowest BCUT2D eigenvalue weighted by molar-refractivity contribution is 1.24. The molecule has 0 aliphatic carbocycles. The van der Waals surface area contributed by atoms with Gasteiger partial charge in [-0.2, -0.15) is 0 Å². The van der Waals surface area contributed by atoms with Gasteiger partial charge in [0.1, 0.15) is 38.9 Å². The van der Waals surface area contributed by atoms with Gasteiger partial charge < -0.3 is 5.73 Å². The average Bonchev–Trinajstić information content (AvgIpc) is 2.47. The van der Waals surface area contributed by atoms with Crippen molar-refractivity contribution in [2.24, 2.45) is 0 Å². The van der Waals surface area contributed by atoms with Crippen molar-refractivity contribution in [3.8, 4) is 0 Å². The molecule has 7 heteroatoms. The first-order chi connectivity index (χ1) is 9.34. The van der Waals surface area contributed by atoms with Crippen LogP contribution in [0.4, 0.5) is 5.82 Å². The highest BCUT2D eigenvalue weighted by Crippen LogP contribution is 2.27. The van der Waals surface area contributed by atoms with Crippen LogP contribution in [0.2, 0.25) is 0 Å². The average molecular weight is 249 g/mol. The van der Waals surface area contributed by atoms with E-state index in [2.05, 4.69) is 29.9 Å². The molecule has 4 aromatic rings. The largest absolute Gasteiger partial charge is 0.382 e. The molecule has 0 fully saturated rings. The number of rotatable bonds is 0. The summed E-state index contributed by atoms with van der Waals surface area (Å²) < 4.78 is 0. The fourth-order valence-corrected chi connectivity index (χ4v) is 2.11. The van der Waals surface area contributed by atoms with Gasteiger partial charge in [-0.1, -0.05) is 0 Å². The zero-order valence-electron chi connectivity index (χ0n) is 9.65. The molecule has 3 heterocycles. The minimum Gasteiger partial charge on any atom is -0.382 e. The highest BCUT2D eigenvalue weighted by molar-refractivity contribution is 6.17. The van der Waals surface area contributed by atoms with Crippen LogP contribution in [0.3, 0.4) is 0 Å². The first-order valence-corrected chi connectivity index (χ1v) is 5.60. The van der Waals surface area contributed by atoms with E-state index in [1.807, 2.05) is 0 Å². The van der Waals surface area contributed by atoms with E-state index < -0.39 is 0 Å². The summed E-state index contributed by atoms with van der Waals surface area (Å²) in [4.78, 5) is 25.9. The van der Waals surface area contributed by atoms with Crippen molar-refractivity contribution in [3.63, 3.8) is 0 Å². The number of anilines is 1. The third-order valence-electron chi connectivity index (χ3n) is 2.86. The molecule has 4 rings (SSSR count). The lowest BCUT2D eigenvalue weighted by atomic mass is 10.2. The van der Waals surface area contributed by atoms with Crippen LogP contribution < -0.4 is 5.73 Å². The first-order valence-electron chi connectivity index (χ1n) is 5.60. The summed E-state index contributed by atoms with van der Waals surface area (Å²) in [5, 5.41) is 0. The van der Waals surface area contributed by atoms with Crippen LogP contribution in [0.5, 0.6) is 0 Å². The standard InChI is InChI=1S/C12H7N7/c13-6-5-18-11-9-7(14-1-2-16-9)8-10(12(11)19-6)17-4-3-15-8/h1-5H,(H2,13,19). The SMILES string of the molecule is Nc1cnc2c3nccnc3c3nccnc3c2n1. The molecular formula is C12H7N7. The number of nitrogens with two attached hydrogens (primary N) is 1. The quantitative estimate of drug-likeness (QED) is 0.465. The van der Waals surface area contributed by atoms with Gasteiger partial charge in [0.2, 0.25) is 0 Å². The number of nitrogens with zero attached hydrogens (tertiary/aromatic N) is 6. The van der Waals surface area contributed by atoms with E-state index in [0.29, 0.717) is 38.9 Å². The predicted octanol–water partition coefficient (Wildman–Crippen LogP) is 1.10. The molecule has 0 saturated heterocycles. The van der Waals surface area contributed by atoms with Crippen molar-refractivity contribution >= 4 is 38.9 Å². The molecule has 0 spiro atoms. The Labute approximate surface area is 106 Å². The Morgan fingerprint density at radius 3 is 1.53 bits per heavy atom. The maximum Gasteiger partial charge on any atom is 0.142 e. The zero-order chi connectivity index (χ0) is 12.8. The van der Waals surface area contributed by atoms with E-state index in [-0.39, 0.29) is 0 Å². The van der Waals surface area contributed by atoms with Crippen LogP contribution in [-0.4, -0.2) is 29.9 Å². The molecule has 0 saturated carbocycles. The Morgan fingerprint density at radius 2 is 1.00 bits per heavy atom. The van der Waals surface area contributed by atoms with Crippen molar-refractivity contribution in [1.29, 1.82) is 0 Å². The highest BCUT2D eigenvalue weighted by atomic mass is 14.9. The van der Waals surface area contributed by atoms with E-state index in [9.17, 15) is 0 Å². The lowest BCUT2D eigenvalue weighted by Gasteiger charge is -2.05. The number of aromatic nitrogens is 6. The number of hydrogen-bond acceptors (Lipinski definition) is 7. The Kier molecular flexibility index (Phi) is 1.85. The second-order valence-corrected chi connectivity index (χ2v) is 4.00. The minimum absolute atomic E-state index is 0.336. The van der Waals surface area contributed by atoms with E-state index >= 15 is 0 Å². The topological polar surface area (TPSA) is 103 Å². The summed E-state index contributed by atoms with van der Waals surface area (Å²) in [7, 11) is 0. The molecule has 0 amide bonds. The molecule has 0 atom stereocenters. The van der Waals surface area contributed by atoms with E-state index in [1.165, 1.54) is 6.20 Å². The zero-order valence-corrected chi connectivity index (χ0v) is 9.65.